The van der Waals surface area contributed by atoms with Gasteiger partial charge in [-0.15, -0.1) is 0 Å². The lowest BCUT2D eigenvalue weighted by molar-refractivity contribution is 0.242. The highest BCUT2D eigenvalue weighted by Crippen LogP contribution is 2.40. The van der Waals surface area contributed by atoms with Gasteiger partial charge in [0.15, 0.2) is 5.17 Å². The molecular weight excluding hydrogens is 216 g/mol. The predicted octanol–water partition coefficient (Wildman–Crippen LogP) is 3.57. The first-order valence-corrected chi connectivity index (χ1v) is 7.61. The first-order valence-electron chi connectivity index (χ1n) is 6.62. The van der Waals surface area contributed by atoms with Gasteiger partial charge in [0, 0.05) is 11.3 Å². The fourth-order valence-corrected chi connectivity index (χ4v) is 3.72. The van der Waals surface area contributed by atoms with Crippen molar-refractivity contribution in [3.8, 4) is 0 Å². The second-order valence-electron chi connectivity index (χ2n) is 5.49. The Morgan fingerprint density at radius 1 is 1.25 bits per heavy atom. The number of aliphatic imine (C=N–C) groups is 1. The summed E-state index contributed by atoms with van der Waals surface area (Å²) in [6.07, 6.45) is 7.58. The van der Waals surface area contributed by atoms with Crippen LogP contribution in [0.1, 0.15) is 59.3 Å². The predicted molar refractivity (Wildman–Crippen MR) is 73.2 cm³/mol. The highest BCUT2D eigenvalue weighted by molar-refractivity contribution is 8.13. The minimum absolute atomic E-state index is 0.281. The van der Waals surface area contributed by atoms with Crippen LogP contribution in [0.25, 0.3) is 0 Å². The van der Waals surface area contributed by atoms with Crippen LogP contribution < -0.4 is 5.32 Å². The van der Waals surface area contributed by atoms with Crippen molar-refractivity contribution in [1.29, 1.82) is 0 Å². The molecule has 2 aliphatic rings. The summed E-state index contributed by atoms with van der Waals surface area (Å²) in [5.41, 5.74) is 0.573. The Labute approximate surface area is 104 Å². The summed E-state index contributed by atoms with van der Waals surface area (Å²) in [5.74, 6) is 1.22. The van der Waals surface area contributed by atoms with Gasteiger partial charge in [0.2, 0.25) is 0 Å². The number of amidine groups is 1. The van der Waals surface area contributed by atoms with Gasteiger partial charge in [0.1, 0.15) is 0 Å². The molecule has 1 saturated carbocycles. The van der Waals surface area contributed by atoms with E-state index in [0.717, 1.165) is 0 Å². The first-order chi connectivity index (χ1) is 7.61. The number of rotatable bonds is 3. The molecule has 0 bridgehead atoms. The maximum absolute atomic E-state index is 5.00. The maximum Gasteiger partial charge on any atom is 0.157 e. The van der Waals surface area contributed by atoms with E-state index in [4.69, 9.17) is 4.99 Å². The maximum atomic E-state index is 5.00. The molecule has 92 valence electrons. The zero-order valence-corrected chi connectivity index (χ0v) is 11.6. The molecule has 1 heterocycles. The monoisotopic (exact) mass is 240 g/mol. The molecule has 16 heavy (non-hydrogen) atoms. The average Bonchev–Trinajstić information content (AvgIpc) is 2.24. The molecule has 2 nitrogen and oxygen atoms in total. The molecule has 0 aromatic rings. The van der Waals surface area contributed by atoms with Gasteiger partial charge in [-0.25, -0.2) is 0 Å². The molecule has 1 unspecified atom stereocenters. The summed E-state index contributed by atoms with van der Waals surface area (Å²) in [7, 11) is 0. The lowest BCUT2D eigenvalue weighted by atomic mass is 9.75. The topological polar surface area (TPSA) is 24.4 Å². The molecule has 1 aliphatic heterocycles. The quantitative estimate of drug-likeness (QED) is 0.815. The van der Waals surface area contributed by atoms with Crippen LogP contribution in [-0.2, 0) is 0 Å². The molecule has 1 N–H and O–H groups in total. The van der Waals surface area contributed by atoms with Crippen molar-refractivity contribution in [3.63, 3.8) is 0 Å². The van der Waals surface area contributed by atoms with Crippen LogP contribution in [0.4, 0.5) is 0 Å². The highest BCUT2D eigenvalue weighted by Gasteiger charge is 2.36. The van der Waals surface area contributed by atoms with Crippen molar-refractivity contribution in [1.82, 2.24) is 5.32 Å². The SMILES string of the molecule is CCC1(N=C2NC(C)(CC)CCS2)CCC1. The Kier molecular flexibility index (Phi) is 3.53. The molecule has 0 radical (unpaired) electrons. The Bertz CT molecular complexity index is 278. The van der Waals surface area contributed by atoms with Gasteiger partial charge in [0.25, 0.3) is 0 Å². The number of nitrogens with zero attached hydrogens (tertiary/aromatic N) is 1. The van der Waals surface area contributed by atoms with Gasteiger partial charge in [-0.05, 0) is 45.4 Å². The van der Waals surface area contributed by atoms with E-state index in [1.807, 2.05) is 11.8 Å². The Balaban J connectivity index is 2.06. The van der Waals surface area contributed by atoms with E-state index in [0.29, 0.717) is 5.54 Å². The summed E-state index contributed by atoms with van der Waals surface area (Å²) >= 11 is 1.91. The molecule has 1 saturated heterocycles. The van der Waals surface area contributed by atoms with E-state index in [1.54, 1.807) is 0 Å². The number of hydrogen-bond donors (Lipinski definition) is 1. The van der Waals surface area contributed by atoms with Gasteiger partial charge >= 0.3 is 0 Å². The molecule has 0 spiro atoms. The summed E-state index contributed by atoms with van der Waals surface area (Å²) in [4.78, 5) is 5.00. The van der Waals surface area contributed by atoms with Crippen LogP contribution >= 0.6 is 11.8 Å². The van der Waals surface area contributed by atoms with Gasteiger partial charge in [-0.2, -0.15) is 0 Å². The van der Waals surface area contributed by atoms with Crippen LogP contribution in [0.5, 0.6) is 0 Å². The van der Waals surface area contributed by atoms with E-state index in [1.165, 1.54) is 49.4 Å². The largest absolute Gasteiger partial charge is 0.360 e. The van der Waals surface area contributed by atoms with Crippen LogP contribution in [-0.4, -0.2) is 22.0 Å². The standard InChI is InChI=1S/C13H24N2S/c1-4-12(3)9-10-16-11(14-12)15-13(5-2)7-6-8-13/h4-10H2,1-3H3,(H,14,15). The van der Waals surface area contributed by atoms with Gasteiger partial charge in [-0.3, -0.25) is 4.99 Å². The number of thioether (sulfide) groups is 1. The smallest absolute Gasteiger partial charge is 0.157 e. The summed E-state index contributed by atoms with van der Waals surface area (Å²) in [6.45, 7) is 6.86. The molecule has 3 heteroatoms. The summed E-state index contributed by atoms with van der Waals surface area (Å²) in [6, 6.07) is 0. The zero-order chi connectivity index (χ0) is 11.6. The Morgan fingerprint density at radius 2 is 2.00 bits per heavy atom. The van der Waals surface area contributed by atoms with Crippen LogP contribution in [0, 0.1) is 0 Å². The fraction of sp³-hybridized carbons (Fsp3) is 0.923. The van der Waals surface area contributed by atoms with Crippen molar-refractivity contribution in [3.05, 3.63) is 0 Å². The third kappa shape index (κ3) is 2.39. The van der Waals surface area contributed by atoms with Crippen LogP contribution in [0.15, 0.2) is 4.99 Å². The van der Waals surface area contributed by atoms with Crippen molar-refractivity contribution < 1.29 is 0 Å². The van der Waals surface area contributed by atoms with Crippen molar-refractivity contribution >= 4 is 16.9 Å². The van der Waals surface area contributed by atoms with Crippen LogP contribution in [0.2, 0.25) is 0 Å². The summed E-state index contributed by atoms with van der Waals surface area (Å²) in [5, 5.41) is 4.86. The second-order valence-corrected chi connectivity index (χ2v) is 6.57. The molecule has 2 fully saturated rings. The van der Waals surface area contributed by atoms with E-state index >= 15 is 0 Å². The third-order valence-electron chi connectivity index (χ3n) is 4.36. The van der Waals surface area contributed by atoms with E-state index in [9.17, 15) is 0 Å². The minimum Gasteiger partial charge on any atom is -0.360 e. The van der Waals surface area contributed by atoms with E-state index in [-0.39, 0.29) is 5.54 Å². The molecule has 2 rings (SSSR count). The second kappa shape index (κ2) is 4.59. The van der Waals surface area contributed by atoms with Crippen molar-refractivity contribution in [2.75, 3.05) is 5.75 Å². The molecular formula is C13H24N2S. The fourth-order valence-electron chi connectivity index (χ4n) is 2.40. The molecule has 1 atom stereocenters. The van der Waals surface area contributed by atoms with Gasteiger partial charge in [0.05, 0.1) is 5.54 Å². The normalized spacial score (nSPS) is 35.6. The first kappa shape index (κ1) is 12.3. The minimum atomic E-state index is 0.281. The lowest BCUT2D eigenvalue weighted by Gasteiger charge is -2.41. The molecule has 0 aromatic carbocycles. The molecule has 1 aliphatic carbocycles. The van der Waals surface area contributed by atoms with Crippen molar-refractivity contribution in [2.24, 2.45) is 4.99 Å². The van der Waals surface area contributed by atoms with E-state index < -0.39 is 0 Å². The Hall–Kier alpha value is -0.180. The Morgan fingerprint density at radius 3 is 2.50 bits per heavy atom. The van der Waals surface area contributed by atoms with E-state index in [2.05, 4.69) is 26.1 Å². The molecule has 0 amide bonds. The lowest BCUT2D eigenvalue weighted by Crippen LogP contribution is -2.49. The van der Waals surface area contributed by atoms with Gasteiger partial charge in [-0.1, -0.05) is 25.6 Å². The number of nitrogens with one attached hydrogen (secondary N) is 1. The van der Waals surface area contributed by atoms with Crippen LogP contribution in [0.3, 0.4) is 0 Å². The van der Waals surface area contributed by atoms with Gasteiger partial charge < -0.3 is 5.32 Å². The third-order valence-corrected chi connectivity index (χ3v) is 5.24. The zero-order valence-electron chi connectivity index (χ0n) is 10.8. The highest BCUT2D eigenvalue weighted by atomic mass is 32.2. The summed E-state index contributed by atoms with van der Waals surface area (Å²) < 4.78 is 0. The number of hydrogen-bond acceptors (Lipinski definition) is 2. The molecule has 0 aromatic heterocycles. The average molecular weight is 240 g/mol. The van der Waals surface area contributed by atoms with Crippen molar-refractivity contribution in [2.45, 2.75) is 70.4 Å².